The van der Waals surface area contributed by atoms with Crippen LogP contribution in [0.25, 0.3) is 10.7 Å². The highest BCUT2D eigenvalue weighted by molar-refractivity contribution is 7.15. The SMILES string of the molecule is Cc1ccnc(-c2ncc(C(C)C)s2)c1. The van der Waals surface area contributed by atoms with E-state index in [9.17, 15) is 0 Å². The summed E-state index contributed by atoms with van der Waals surface area (Å²) in [4.78, 5) is 10.0. The number of nitrogens with zero attached hydrogens (tertiary/aromatic N) is 2. The summed E-state index contributed by atoms with van der Waals surface area (Å²) in [5.41, 5.74) is 2.20. The predicted octanol–water partition coefficient (Wildman–Crippen LogP) is 3.64. The first-order chi connectivity index (χ1) is 7.16. The van der Waals surface area contributed by atoms with Gasteiger partial charge < -0.3 is 0 Å². The third-order valence-corrected chi connectivity index (χ3v) is 3.55. The van der Waals surface area contributed by atoms with Crippen LogP contribution in [0.4, 0.5) is 0 Å². The van der Waals surface area contributed by atoms with Gasteiger partial charge in [0.15, 0.2) is 0 Å². The highest BCUT2D eigenvalue weighted by Gasteiger charge is 2.08. The molecule has 15 heavy (non-hydrogen) atoms. The van der Waals surface area contributed by atoms with Crippen LogP contribution < -0.4 is 0 Å². The first-order valence-corrected chi connectivity index (χ1v) is 5.87. The lowest BCUT2D eigenvalue weighted by atomic mass is 10.2. The lowest BCUT2D eigenvalue weighted by molar-refractivity contribution is 0.885. The summed E-state index contributed by atoms with van der Waals surface area (Å²) in [6.45, 7) is 6.43. The van der Waals surface area contributed by atoms with E-state index in [2.05, 4.69) is 36.8 Å². The van der Waals surface area contributed by atoms with Crippen molar-refractivity contribution in [3.8, 4) is 10.7 Å². The Hall–Kier alpha value is -1.22. The number of rotatable bonds is 2. The number of hydrogen-bond acceptors (Lipinski definition) is 3. The molecule has 0 fully saturated rings. The highest BCUT2D eigenvalue weighted by atomic mass is 32.1. The van der Waals surface area contributed by atoms with Gasteiger partial charge in [0.25, 0.3) is 0 Å². The van der Waals surface area contributed by atoms with E-state index in [0.29, 0.717) is 5.92 Å². The molecule has 0 N–H and O–H groups in total. The minimum absolute atomic E-state index is 0.543. The summed E-state index contributed by atoms with van der Waals surface area (Å²) >= 11 is 1.73. The van der Waals surface area contributed by atoms with Crippen LogP contribution in [0.15, 0.2) is 24.5 Å². The normalized spacial score (nSPS) is 10.9. The molecule has 0 spiro atoms. The zero-order valence-corrected chi connectivity index (χ0v) is 10.0. The molecule has 0 atom stereocenters. The van der Waals surface area contributed by atoms with Gasteiger partial charge in [0, 0.05) is 17.3 Å². The maximum Gasteiger partial charge on any atom is 0.142 e. The molecule has 2 aromatic heterocycles. The highest BCUT2D eigenvalue weighted by Crippen LogP contribution is 2.28. The maximum atomic E-state index is 4.40. The van der Waals surface area contributed by atoms with Crippen molar-refractivity contribution in [2.45, 2.75) is 26.7 Å². The van der Waals surface area contributed by atoms with Crippen molar-refractivity contribution in [2.24, 2.45) is 0 Å². The van der Waals surface area contributed by atoms with Gasteiger partial charge in [-0.2, -0.15) is 0 Å². The van der Waals surface area contributed by atoms with E-state index in [1.807, 2.05) is 18.5 Å². The molecule has 0 saturated carbocycles. The van der Waals surface area contributed by atoms with Crippen LogP contribution in [-0.4, -0.2) is 9.97 Å². The number of aromatic nitrogens is 2. The fourth-order valence-electron chi connectivity index (χ4n) is 1.33. The molecule has 2 rings (SSSR count). The van der Waals surface area contributed by atoms with Crippen molar-refractivity contribution in [1.82, 2.24) is 9.97 Å². The number of hydrogen-bond donors (Lipinski definition) is 0. The fourth-order valence-corrected chi connectivity index (χ4v) is 2.21. The third-order valence-electron chi connectivity index (χ3n) is 2.23. The van der Waals surface area contributed by atoms with E-state index in [4.69, 9.17) is 0 Å². The van der Waals surface area contributed by atoms with E-state index in [-0.39, 0.29) is 0 Å². The maximum absolute atomic E-state index is 4.40. The van der Waals surface area contributed by atoms with E-state index in [1.165, 1.54) is 10.4 Å². The standard InChI is InChI=1S/C12H14N2S/c1-8(2)11-7-14-12(15-11)10-6-9(3)4-5-13-10/h4-8H,1-3H3. The van der Waals surface area contributed by atoms with E-state index in [0.717, 1.165) is 10.7 Å². The molecule has 0 aliphatic heterocycles. The first kappa shape index (κ1) is 10.3. The molecule has 0 aliphatic carbocycles. The van der Waals surface area contributed by atoms with Crippen LogP contribution in [0.1, 0.15) is 30.2 Å². The molecule has 0 unspecified atom stereocenters. The van der Waals surface area contributed by atoms with Gasteiger partial charge in [-0.15, -0.1) is 11.3 Å². The van der Waals surface area contributed by atoms with Crippen molar-refractivity contribution in [1.29, 1.82) is 0 Å². The van der Waals surface area contributed by atoms with Gasteiger partial charge in [-0.3, -0.25) is 4.98 Å². The van der Waals surface area contributed by atoms with Crippen LogP contribution in [-0.2, 0) is 0 Å². The van der Waals surface area contributed by atoms with Crippen molar-refractivity contribution in [2.75, 3.05) is 0 Å². The van der Waals surface area contributed by atoms with E-state index < -0.39 is 0 Å². The Bertz CT molecular complexity index is 460. The molecule has 0 saturated heterocycles. The first-order valence-electron chi connectivity index (χ1n) is 5.05. The van der Waals surface area contributed by atoms with Crippen molar-refractivity contribution >= 4 is 11.3 Å². The predicted molar refractivity (Wildman–Crippen MR) is 64.2 cm³/mol. The topological polar surface area (TPSA) is 25.8 Å². The molecule has 2 aromatic rings. The van der Waals surface area contributed by atoms with E-state index >= 15 is 0 Å². The second-order valence-electron chi connectivity index (χ2n) is 3.94. The third kappa shape index (κ3) is 2.23. The zero-order chi connectivity index (χ0) is 10.8. The van der Waals surface area contributed by atoms with Crippen LogP contribution in [0.5, 0.6) is 0 Å². The molecular weight excluding hydrogens is 204 g/mol. The summed E-state index contributed by atoms with van der Waals surface area (Å²) in [5, 5.41) is 1.02. The Morgan fingerprint density at radius 1 is 1.27 bits per heavy atom. The van der Waals surface area contributed by atoms with Crippen LogP contribution in [0, 0.1) is 6.92 Å². The van der Waals surface area contributed by atoms with Crippen LogP contribution in [0.2, 0.25) is 0 Å². The summed E-state index contributed by atoms with van der Waals surface area (Å²) in [6, 6.07) is 4.07. The summed E-state index contributed by atoms with van der Waals surface area (Å²) < 4.78 is 0. The minimum atomic E-state index is 0.543. The summed E-state index contributed by atoms with van der Waals surface area (Å²) in [5.74, 6) is 0.543. The quantitative estimate of drug-likeness (QED) is 0.769. The smallest absolute Gasteiger partial charge is 0.142 e. The average molecular weight is 218 g/mol. The summed E-state index contributed by atoms with van der Waals surface area (Å²) in [7, 11) is 0. The molecule has 0 aromatic carbocycles. The van der Waals surface area contributed by atoms with Gasteiger partial charge in [0.1, 0.15) is 5.01 Å². The van der Waals surface area contributed by atoms with E-state index in [1.54, 1.807) is 11.3 Å². The van der Waals surface area contributed by atoms with Crippen molar-refractivity contribution in [3.63, 3.8) is 0 Å². The zero-order valence-electron chi connectivity index (χ0n) is 9.19. The Balaban J connectivity index is 2.37. The fraction of sp³-hybridized carbons (Fsp3) is 0.333. The van der Waals surface area contributed by atoms with Gasteiger partial charge in [0.05, 0.1) is 5.69 Å². The largest absolute Gasteiger partial charge is 0.254 e. The number of thiazole rings is 1. The van der Waals surface area contributed by atoms with Crippen molar-refractivity contribution < 1.29 is 0 Å². The van der Waals surface area contributed by atoms with Gasteiger partial charge in [-0.25, -0.2) is 4.98 Å². The molecule has 0 radical (unpaired) electrons. The monoisotopic (exact) mass is 218 g/mol. The second kappa shape index (κ2) is 4.11. The number of aryl methyl sites for hydroxylation is 1. The lowest BCUT2D eigenvalue weighted by Gasteiger charge is -1.97. The van der Waals surface area contributed by atoms with Gasteiger partial charge >= 0.3 is 0 Å². The Morgan fingerprint density at radius 2 is 2.07 bits per heavy atom. The molecule has 3 heteroatoms. The molecular formula is C12H14N2S. The lowest BCUT2D eigenvalue weighted by Crippen LogP contribution is -1.82. The Morgan fingerprint density at radius 3 is 2.67 bits per heavy atom. The Labute approximate surface area is 94.0 Å². The molecule has 2 heterocycles. The molecule has 2 nitrogen and oxygen atoms in total. The molecule has 78 valence electrons. The Kier molecular flexibility index (Phi) is 2.82. The summed E-state index contributed by atoms with van der Waals surface area (Å²) in [6.07, 6.45) is 3.79. The van der Waals surface area contributed by atoms with Crippen molar-refractivity contribution in [3.05, 3.63) is 35.0 Å². The van der Waals surface area contributed by atoms with Crippen LogP contribution in [0.3, 0.4) is 0 Å². The van der Waals surface area contributed by atoms with Gasteiger partial charge in [-0.1, -0.05) is 13.8 Å². The van der Waals surface area contributed by atoms with Gasteiger partial charge in [-0.05, 0) is 30.5 Å². The van der Waals surface area contributed by atoms with Crippen LogP contribution >= 0.6 is 11.3 Å². The average Bonchev–Trinajstić information content (AvgIpc) is 2.66. The minimum Gasteiger partial charge on any atom is -0.254 e. The molecule has 0 bridgehead atoms. The number of pyridine rings is 1. The molecule has 0 amide bonds. The van der Waals surface area contributed by atoms with Gasteiger partial charge in [0.2, 0.25) is 0 Å². The molecule has 0 aliphatic rings. The second-order valence-corrected chi connectivity index (χ2v) is 5.00.